The molecule has 0 aromatic heterocycles. The van der Waals surface area contributed by atoms with Crippen molar-refractivity contribution in [3.8, 4) is 0 Å². The van der Waals surface area contributed by atoms with Gasteiger partial charge in [-0.1, -0.05) is 50.3 Å². The van der Waals surface area contributed by atoms with Gasteiger partial charge in [-0.2, -0.15) is 0 Å². The molecule has 0 saturated heterocycles. The summed E-state index contributed by atoms with van der Waals surface area (Å²) < 4.78 is 5.74. The molecule has 0 fully saturated rings. The lowest BCUT2D eigenvalue weighted by molar-refractivity contribution is -0.127. The summed E-state index contributed by atoms with van der Waals surface area (Å²) in [5.74, 6) is 0.709. The van der Waals surface area contributed by atoms with E-state index in [0.29, 0.717) is 25.1 Å². The molecule has 1 aromatic rings. The quantitative estimate of drug-likeness (QED) is 0.672. The number of allylic oxidation sites excluding steroid dienone is 1. The average molecular weight is 398 g/mol. The van der Waals surface area contributed by atoms with Crippen molar-refractivity contribution in [2.45, 2.75) is 45.3 Å². The highest BCUT2D eigenvalue weighted by molar-refractivity contribution is 6.20. The fraction of sp³-hybridized carbons (Fsp3) is 0.458. The Labute approximate surface area is 173 Å². The molecule has 156 valence electrons. The van der Waals surface area contributed by atoms with E-state index in [0.717, 1.165) is 23.1 Å². The molecule has 5 nitrogen and oxygen atoms in total. The predicted molar refractivity (Wildman–Crippen MR) is 114 cm³/mol. The lowest BCUT2D eigenvalue weighted by Crippen LogP contribution is -2.48. The summed E-state index contributed by atoms with van der Waals surface area (Å²) in [5.41, 5.74) is 2.86. The van der Waals surface area contributed by atoms with E-state index in [2.05, 4.69) is 25.1 Å². The highest BCUT2D eigenvalue weighted by atomic mass is 16.5. The van der Waals surface area contributed by atoms with Crippen LogP contribution in [-0.2, 0) is 16.0 Å². The smallest absolute Gasteiger partial charge is 0.254 e. The van der Waals surface area contributed by atoms with Gasteiger partial charge in [-0.05, 0) is 42.5 Å². The highest BCUT2D eigenvalue weighted by Gasteiger charge is 2.36. The first kappa shape index (κ1) is 21.3. The van der Waals surface area contributed by atoms with Crippen LogP contribution >= 0.6 is 0 Å². The number of rotatable bonds is 9. The fourth-order valence-corrected chi connectivity index (χ4v) is 3.86. The summed E-state index contributed by atoms with van der Waals surface area (Å²) in [6, 6.07) is 7.89. The van der Waals surface area contributed by atoms with Gasteiger partial charge in [0.05, 0.1) is 12.1 Å². The van der Waals surface area contributed by atoms with Gasteiger partial charge in [-0.3, -0.25) is 4.79 Å². The zero-order chi connectivity index (χ0) is 20.8. The first-order chi connectivity index (χ1) is 14.1. The maximum absolute atomic E-state index is 13.4. The van der Waals surface area contributed by atoms with Crippen LogP contribution in [0.1, 0.15) is 37.8 Å². The highest BCUT2D eigenvalue weighted by Crippen LogP contribution is 2.35. The molecule has 1 amide bonds. The number of hydrogen-bond acceptors (Lipinski definition) is 4. The van der Waals surface area contributed by atoms with Crippen LogP contribution in [0.5, 0.6) is 0 Å². The predicted octanol–water partition coefficient (Wildman–Crippen LogP) is 3.08. The molecule has 5 heteroatoms. The Kier molecular flexibility index (Phi) is 7.29. The molecule has 29 heavy (non-hydrogen) atoms. The van der Waals surface area contributed by atoms with Crippen molar-refractivity contribution in [3.63, 3.8) is 0 Å². The molecule has 0 radical (unpaired) electrons. The third kappa shape index (κ3) is 4.80. The van der Waals surface area contributed by atoms with Crippen molar-refractivity contribution in [3.05, 3.63) is 65.5 Å². The molecule has 1 aliphatic heterocycles. The van der Waals surface area contributed by atoms with Crippen molar-refractivity contribution >= 4 is 11.5 Å². The molecule has 1 aromatic carbocycles. The molecular weight excluding hydrogens is 366 g/mol. The Morgan fingerprint density at radius 3 is 2.72 bits per heavy atom. The molecule has 0 saturated carbocycles. The Morgan fingerprint density at radius 2 is 2.00 bits per heavy atom. The number of aryl methyl sites for hydroxylation is 1. The van der Waals surface area contributed by atoms with Gasteiger partial charge in [-0.15, -0.1) is 0 Å². The molecule has 1 aliphatic carbocycles. The number of amides is 1. The van der Waals surface area contributed by atoms with Crippen molar-refractivity contribution in [2.75, 3.05) is 19.8 Å². The number of benzene rings is 1. The third-order valence-electron chi connectivity index (χ3n) is 5.58. The second-order valence-electron chi connectivity index (χ2n) is 7.54. The number of carbonyl (C=O) groups is 1. The average Bonchev–Trinajstić information content (AvgIpc) is 2.76. The zero-order valence-corrected chi connectivity index (χ0v) is 17.3. The normalized spacial score (nSPS) is 22.1. The monoisotopic (exact) mass is 397 g/mol. The summed E-state index contributed by atoms with van der Waals surface area (Å²) >= 11 is 0. The molecule has 3 atom stereocenters. The first-order valence-electron chi connectivity index (χ1n) is 10.5. The number of aliphatic hydroxyl groups is 2. The molecular formula is C24H31NO4. The van der Waals surface area contributed by atoms with Gasteiger partial charge in [0.25, 0.3) is 5.91 Å². The van der Waals surface area contributed by atoms with E-state index in [1.54, 1.807) is 0 Å². The SMILES string of the molecule is CCc1ccccc1C1=CC2C=CC(OCC(O)CC)=CC2N(CCCO)C1=O. The Hall–Kier alpha value is -2.37. The van der Waals surface area contributed by atoms with E-state index in [9.17, 15) is 15.0 Å². The molecule has 3 rings (SSSR count). The molecule has 0 spiro atoms. The second-order valence-corrected chi connectivity index (χ2v) is 7.54. The largest absolute Gasteiger partial charge is 0.491 e. The maximum Gasteiger partial charge on any atom is 0.254 e. The minimum absolute atomic E-state index is 0.0138. The van der Waals surface area contributed by atoms with Crippen LogP contribution in [0, 0.1) is 5.92 Å². The lowest BCUT2D eigenvalue weighted by atomic mass is 9.83. The molecule has 2 N–H and O–H groups in total. The topological polar surface area (TPSA) is 70.0 Å². The maximum atomic E-state index is 13.4. The van der Waals surface area contributed by atoms with Crippen molar-refractivity contribution in [2.24, 2.45) is 5.92 Å². The summed E-state index contributed by atoms with van der Waals surface area (Å²) in [6.07, 6.45) is 9.52. The van der Waals surface area contributed by atoms with Gasteiger partial charge >= 0.3 is 0 Å². The van der Waals surface area contributed by atoms with Gasteiger partial charge in [-0.25, -0.2) is 0 Å². The lowest BCUT2D eigenvalue weighted by Gasteiger charge is -2.39. The van der Waals surface area contributed by atoms with Gasteiger partial charge in [0.2, 0.25) is 0 Å². The summed E-state index contributed by atoms with van der Waals surface area (Å²) in [5, 5.41) is 19.1. The number of ether oxygens (including phenoxy) is 1. The second kappa shape index (κ2) is 9.90. The number of fused-ring (bicyclic) bond motifs is 1. The molecule has 0 bridgehead atoms. The molecule has 3 unspecified atom stereocenters. The van der Waals surface area contributed by atoms with E-state index in [-0.39, 0.29) is 31.1 Å². The van der Waals surface area contributed by atoms with E-state index < -0.39 is 6.10 Å². The minimum atomic E-state index is -0.502. The molecule has 2 aliphatic rings. The first-order valence-corrected chi connectivity index (χ1v) is 10.5. The number of carbonyl (C=O) groups excluding carboxylic acids is 1. The van der Waals surface area contributed by atoms with Crippen LogP contribution in [0.3, 0.4) is 0 Å². The van der Waals surface area contributed by atoms with E-state index >= 15 is 0 Å². The standard InChI is InChI=1S/C24H31NO4/c1-3-17-8-5-6-9-21(17)22-14-18-10-11-20(29-16-19(27)4-2)15-23(18)25(24(22)28)12-7-13-26/h5-6,8-11,14-15,18-19,23,26-27H,3-4,7,12-13,16H2,1-2H3. The van der Waals surface area contributed by atoms with Crippen LogP contribution in [0.4, 0.5) is 0 Å². The Bertz CT molecular complexity index is 811. The van der Waals surface area contributed by atoms with E-state index in [1.807, 2.05) is 42.2 Å². The van der Waals surface area contributed by atoms with Crippen LogP contribution in [0.15, 0.2) is 54.3 Å². The number of aliphatic hydroxyl groups excluding tert-OH is 2. The Balaban J connectivity index is 1.92. The van der Waals surface area contributed by atoms with Gasteiger partial charge in [0.1, 0.15) is 12.4 Å². The number of hydrogen-bond donors (Lipinski definition) is 2. The number of nitrogens with zero attached hydrogens (tertiary/aromatic N) is 1. The van der Waals surface area contributed by atoms with Crippen molar-refractivity contribution < 1.29 is 19.7 Å². The van der Waals surface area contributed by atoms with E-state index in [4.69, 9.17) is 4.74 Å². The fourth-order valence-electron chi connectivity index (χ4n) is 3.86. The molecule has 1 heterocycles. The van der Waals surface area contributed by atoms with Gasteiger partial charge < -0.3 is 19.8 Å². The summed E-state index contributed by atoms with van der Waals surface area (Å²) in [6.45, 7) is 4.76. The zero-order valence-electron chi connectivity index (χ0n) is 17.3. The minimum Gasteiger partial charge on any atom is -0.491 e. The Morgan fingerprint density at radius 1 is 1.21 bits per heavy atom. The van der Waals surface area contributed by atoms with Crippen molar-refractivity contribution in [1.82, 2.24) is 4.90 Å². The third-order valence-corrected chi connectivity index (χ3v) is 5.58. The summed E-state index contributed by atoms with van der Waals surface area (Å²) in [4.78, 5) is 15.3. The van der Waals surface area contributed by atoms with Crippen LogP contribution in [0.25, 0.3) is 5.57 Å². The van der Waals surface area contributed by atoms with Gasteiger partial charge in [0, 0.05) is 24.6 Å². The van der Waals surface area contributed by atoms with Crippen molar-refractivity contribution in [1.29, 1.82) is 0 Å². The van der Waals surface area contributed by atoms with Gasteiger partial charge in [0.15, 0.2) is 0 Å². The summed E-state index contributed by atoms with van der Waals surface area (Å²) in [7, 11) is 0. The van der Waals surface area contributed by atoms with E-state index in [1.165, 1.54) is 0 Å². The van der Waals surface area contributed by atoms with Crippen LogP contribution in [0.2, 0.25) is 0 Å². The van der Waals surface area contributed by atoms with Crippen LogP contribution in [-0.4, -0.2) is 52.9 Å². The van der Waals surface area contributed by atoms with Crippen LogP contribution < -0.4 is 0 Å².